The van der Waals surface area contributed by atoms with Gasteiger partial charge in [0.15, 0.2) is 11.6 Å². The molecular weight excluding hydrogens is 344 g/mol. The van der Waals surface area contributed by atoms with Gasteiger partial charge in [-0.05, 0) is 24.3 Å². The molecule has 0 unspecified atom stereocenters. The summed E-state index contributed by atoms with van der Waals surface area (Å²) in [4.78, 5) is 17.2. The number of benzene rings is 2. The molecule has 2 aromatic heterocycles. The van der Waals surface area contributed by atoms with E-state index in [-0.39, 0.29) is 0 Å². The minimum Gasteiger partial charge on any atom is -0.232 e. The van der Waals surface area contributed by atoms with Crippen molar-refractivity contribution in [2.45, 2.75) is 0 Å². The van der Waals surface area contributed by atoms with Crippen LogP contribution in [-0.2, 0) is 0 Å². The van der Waals surface area contributed by atoms with Gasteiger partial charge in [-0.15, -0.1) is 0 Å². The van der Waals surface area contributed by atoms with Crippen LogP contribution in [0.4, 0.5) is 0 Å². The zero-order valence-corrected chi connectivity index (χ0v) is 14.9. The van der Waals surface area contributed by atoms with Crippen molar-refractivity contribution < 1.29 is 0 Å². The Kier molecular flexibility index (Phi) is 5.15. The molecule has 0 aliphatic heterocycles. The zero-order chi connectivity index (χ0) is 19.0. The van der Waals surface area contributed by atoms with Crippen molar-refractivity contribution in [2.75, 3.05) is 0 Å². The largest absolute Gasteiger partial charge is 0.232 e. The van der Waals surface area contributed by atoms with Crippen molar-refractivity contribution >= 4 is 0 Å². The third-order valence-electron chi connectivity index (χ3n) is 3.75. The van der Waals surface area contributed by atoms with E-state index in [1.54, 1.807) is 24.8 Å². The Bertz CT molecular complexity index is 1080. The lowest BCUT2D eigenvalue weighted by atomic mass is 10.2. The summed E-state index contributed by atoms with van der Waals surface area (Å²) in [6, 6.07) is 19.6. The molecule has 4 rings (SSSR count). The maximum atomic E-state index is 4.31. The molecule has 0 atom stereocenters. The normalized spacial score (nSPS) is 9.57. The summed E-state index contributed by atoms with van der Waals surface area (Å²) in [6.45, 7) is 0. The molecule has 4 nitrogen and oxygen atoms in total. The molecule has 0 aliphatic rings. The fourth-order valence-corrected chi connectivity index (χ4v) is 2.35. The molecular formula is C24H14N4. The molecule has 130 valence electrons. The molecule has 0 saturated carbocycles. The second kappa shape index (κ2) is 8.40. The van der Waals surface area contributed by atoms with Crippen molar-refractivity contribution in [3.8, 4) is 35.3 Å². The Balaban J connectivity index is 1.48. The summed E-state index contributed by atoms with van der Waals surface area (Å²) in [6.07, 6.45) is 6.69. The van der Waals surface area contributed by atoms with Crippen molar-refractivity contribution in [1.82, 2.24) is 19.9 Å². The summed E-state index contributed by atoms with van der Waals surface area (Å²) in [7, 11) is 0. The number of hydrogen-bond acceptors (Lipinski definition) is 4. The second-order valence-corrected chi connectivity index (χ2v) is 5.82. The monoisotopic (exact) mass is 358 g/mol. The van der Waals surface area contributed by atoms with Gasteiger partial charge < -0.3 is 0 Å². The molecule has 2 aromatic carbocycles. The van der Waals surface area contributed by atoms with Gasteiger partial charge in [0.25, 0.3) is 0 Å². The van der Waals surface area contributed by atoms with E-state index in [1.807, 2.05) is 60.7 Å². The molecule has 0 aliphatic carbocycles. The minimum absolute atomic E-state index is 0.452. The first kappa shape index (κ1) is 17.1. The molecule has 28 heavy (non-hydrogen) atoms. The maximum absolute atomic E-state index is 4.31. The van der Waals surface area contributed by atoms with Gasteiger partial charge >= 0.3 is 0 Å². The molecule has 0 radical (unpaired) electrons. The Morgan fingerprint density at radius 2 is 0.714 bits per heavy atom. The van der Waals surface area contributed by atoms with Gasteiger partial charge in [-0.3, -0.25) is 0 Å². The SMILES string of the molecule is C(#Cc1cnc(-c2ncc(C#Cc3ccccc3)cn2)nc1)c1ccccc1. The lowest BCUT2D eigenvalue weighted by molar-refractivity contribution is 1.07. The minimum atomic E-state index is 0.452. The molecule has 0 N–H and O–H groups in total. The van der Waals surface area contributed by atoms with Crippen LogP contribution >= 0.6 is 0 Å². The molecule has 0 spiro atoms. The lowest BCUT2D eigenvalue weighted by Crippen LogP contribution is -1.95. The van der Waals surface area contributed by atoms with Gasteiger partial charge in [-0.2, -0.15) is 0 Å². The highest BCUT2D eigenvalue weighted by molar-refractivity contribution is 5.47. The predicted octanol–water partition coefficient (Wildman–Crippen LogP) is 3.73. The summed E-state index contributed by atoms with van der Waals surface area (Å²) in [5, 5.41) is 0. The van der Waals surface area contributed by atoms with Crippen LogP contribution in [0.25, 0.3) is 11.6 Å². The third kappa shape index (κ3) is 4.46. The molecule has 2 heterocycles. The van der Waals surface area contributed by atoms with E-state index in [2.05, 4.69) is 43.6 Å². The van der Waals surface area contributed by atoms with Crippen LogP contribution in [0, 0.1) is 23.7 Å². The van der Waals surface area contributed by atoms with Crippen LogP contribution in [0.2, 0.25) is 0 Å². The van der Waals surface area contributed by atoms with Crippen molar-refractivity contribution in [1.29, 1.82) is 0 Å². The van der Waals surface area contributed by atoms with Crippen LogP contribution in [0.5, 0.6) is 0 Å². The van der Waals surface area contributed by atoms with E-state index < -0.39 is 0 Å². The predicted molar refractivity (Wildman–Crippen MR) is 108 cm³/mol. The lowest BCUT2D eigenvalue weighted by Gasteiger charge is -1.98. The third-order valence-corrected chi connectivity index (χ3v) is 3.75. The fourth-order valence-electron chi connectivity index (χ4n) is 2.35. The highest BCUT2D eigenvalue weighted by Crippen LogP contribution is 2.08. The smallest absolute Gasteiger partial charge is 0.197 e. The number of rotatable bonds is 1. The topological polar surface area (TPSA) is 51.6 Å². The average Bonchev–Trinajstić information content (AvgIpc) is 2.78. The Hall–Kier alpha value is -4.28. The van der Waals surface area contributed by atoms with Crippen LogP contribution in [0.3, 0.4) is 0 Å². The second-order valence-electron chi connectivity index (χ2n) is 5.82. The van der Waals surface area contributed by atoms with Crippen LogP contribution in [0.1, 0.15) is 22.3 Å². The van der Waals surface area contributed by atoms with Gasteiger partial charge in [0.2, 0.25) is 0 Å². The molecule has 4 heteroatoms. The average molecular weight is 358 g/mol. The Morgan fingerprint density at radius 1 is 0.393 bits per heavy atom. The van der Waals surface area contributed by atoms with Gasteiger partial charge in [0.1, 0.15) is 0 Å². The van der Waals surface area contributed by atoms with Crippen LogP contribution < -0.4 is 0 Å². The Morgan fingerprint density at radius 3 is 1.07 bits per heavy atom. The fraction of sp³-hybridized carbons (Fsp3) is 0. The first-order valence-corrected chi connectivity index (χ1v) is 8.65. The van der Waals surface area contributed by atoms with E-state index in [9.17, 15) is 0 Å². The van der Waals surface area contributed by atoms with E-state index in [4.69, 9.17) is 0 Å². The number of nitrogens with zero attached hydrogens (tertiary/aromatic N) is 4. The molecule has 0 saturated heterocycles. The highest BCUT2D eigenvalue weighted by Gasteiger charge is 2.04. The molecule has 0 bridgehead atoms. The zero-order valence-electron chi connectivity index (χ0n) is 14.9. The van der Waals surface area contributed by atoms with Crippen LogP contribution in [0.15, 0.2) is 85.5 Å². The quantitative estimate of drug-likeness (QED) is 0.487. The summed E-state index contributed by atoms with van der Waals surface area (Å²) in [5.41, 5.74) is 3.36. The van der Waals surface area contributed by atoms with E-state index in [0.717, 1.165) is 22.3 Å². The maximum Gasteiger partial charge on any atom is 0.197 e. The van der Waals surface area contributed by atoms with E-state index in [0.29, 0.717) is 11.6 Å². The van der Waals surface area contributed by atoms with E-state index in [1.165, 1.54) is 0 Å². The Labute approximate surface area is 163 Å². The van der Waals surface area contributed by atoms with Gasteiger partial charge in [0.05, 0.1) is 11.1 Å². The van der Waals surface area contributed by atoms with Crippen molar-refractivity contribution in [3.05, 3.63) is 108 Å². The molecule has 0 amide bonds. The van der Waals surface area contributed by atoms with Crippen molar-refractivity contribution in [3.63, 3.8) is 0 Å². The van der Waals surface area contributed by atoms with Gasteiger partial charge in [-0.1, -0.05) is 60.1 Å². The molecule has 0 fully saturated rings. The van der Waals surface area contributed by atoms with Gasteiger partial charge in [0, 0.05) is 35.9 Å². The standard InChI is InChI=1S/C24H14N4/c1-3-7-19(8-4-1)11-13-21-15-25-23(26-16-21)24-27-17-22(18-28-24)14-12-20-9-5-2-6-10-20/h1-10,15-18H. The summed E-state index contributed by atoms with van der Waals surface area (Å²) < 4.78 is 0. The van der Waals surface area contributed by atoms with E-state index >= 15 is 0 Å². The van der Waals surface area contributed by atoms with Crippen molar-refractivity contribution in [2.24, 2.45) is 0 Å². The first-order chi connectivity index (χ1) is 13.9. The summed E-state index contributed by atoms with van der Waals surface area (Å²) >= 11 is 0. The summed E-state index contributed by atoms with van der Waals surface area (Å²) in [5.74, 6) is 13.2. The van der Waals surface area contributed by atoms with Crippen LogP contribution in [-0.4, -0.2) is 19.9 Å². The van der Waals surface area contributed by atoms with Gasteiger partial charge in [-0.25, -0.2) is 19.9 Å². The number of hydrogen-bond donors (Lipinski definition) is 0. The highest BCUT2D eigenvalue weighted by atomic mass is 15.0. The first-order valence-electron chi connectivity index (χ1n) is 8.65. The molecule has 4 aromatic rings. The number of aromatic nitrogens is 4.